The number of rotatable bonds is 4. The van der Waals surface area contributed by atoms with E-state index in [1.165, 1.54) is 54.6 Å². The zero-order valence-corrected chi connectivity index (χ0v) is 20.9. The molecule has 1 aliphatic carbocycles. The van der Waals surface area contributed by atoms with Crippen LogP contribution >= 0.6 is 45.7 Å². The standard InChI is InChI=1S/C11H18N2.C7H6FI2N.Pt/c1-12-7-8-13(10-12)9-11-5-3-2-4-6-11;8-7-3-1-6(2-4-7)5-11(9)10;/h7-8,11H,2-6,9H2,1H3;1-4H,5H2;. The van der Waals surface area contributed by atoms with Gasteiger partial charge in [0, 0.05) is 52.3 Å². The van der Waals surface area contributed by atoms with E-state index in [2.05, 4.69) is 93.7 Å². The van der Waals surface area contributed by atoms with Crippen molar-refractivity contribution >= 4 is 45.7 Å². The number of nitrogens with zero attached hydrogens (tertiary/aromatic N) is 3. The summed E-state index contributed by atoms with van der Waals surface area (Å²) >= 11 is 6.77. The van der Waals surface area contributed by atoms with Crippen molar-refractivity contribution in [2.24, 2.45) is 13.0 Å². The second kappa shape index (κ2) is 11.3. The van der Waals surface area contributed by atoms with Crippen LogP contribution in [0.5, 0.6) is 0 Å². The van der Waals surface area contributed by atoms with Crippen LogP contribution in [0.3, 0.4) is 0 Å². The molecule has 0 aliphatic heterocycles. The third-order valence-corrected chi connectivity index (χ3v) is 6.49. The van der Waals surface area contributed by atoms with Gasteiger partial charge in [-0.25, -0.2) is 4.39 Å². The van der Waals surface area contributed by atoms with Crippen molar-refractivity contribution in [1.82, 2.24) is 10.5 Å². The number of halogens is 3. The van der Waals surface area contributed by atoms with Crippen molar-refractivity contribution in [3.63, 3.8) is 0 Å². The Hall–Kier alpha value is 0.468. The molecule has 1 aromatic heterocycles. The summed E-state index contributed by atoms with van der Waals surface area (Å²) in [6.07, 6.45) is 11.5. The van der Waals surface area contributed by atoms with Gasteiger partial charge in [0.05, 0.1) is 0 Å². The van der Waals surface area contributed by atoms with E-state index in [0.29, 0.717) is 0 Å². The zero-order chi connectivity index (χ0) is 18.2. The topological polar surface area (TPSA) is 13.1 Å². The molecule has 3 rings (SSSR count). The van der Waals surface area contributed by atoms with Crippen LogP contribution in [-0.2, 0) is 39.5 Å². The van der Waals surface area contributed by atoms with Crippen molar-refractivity contribution in [1.29, 1.82) is 0 Å². The minimum absolute atomic E-state index is 0.179. The second-order valence-corrected chi connectivity index (χ2v) is 11.6. The molecular weight excluding hydrogens is 726 g/mol. The predicted molar refractivity (Wildman–Crippen MR) is 113 cm³/mol. The van der Waals surface area contributed by atoms with Gasteiger partial charge in [-0.15, -0.1) is 0 Å². The number of aryl methyl sites for hydroxylation is 1. The van der Waals surface area contributed by atoms with Gasteiger partial charge in [0.15, 0.2) is 0 Å². The van der Waals surface area contributed by atoms with Crippen LogP contribution in [-0.4, -0.2) is 10.5 Å². The average molecular weight is 750 g/mol. The monoisotopic (exact) mass is 750 g/mol. The Balaban J connectivity index is 0.000000186. The van der Waals surface area contributed by atoms with Gasteiger partial charge in [0.1, 0.15) is 5.82 Å². The van der Waals surface area contributed by atoms with Crippen LogP contribution in [0.2, 0.25) is 0 Å². The first-order valence-electron chi connectivity index (χ1n) is 8.46. The Morgan fingerprint density at radius 3 is 2.28 bits per heavy atom. The maximum atomic E-state index is 12.4. The number of hydrogen-bond acceptors (Lipinski definition) is 1. The van der Waals surface area contributed by atoms with Gasteiger partial charge in [-0.2, -0.15) is 1.33 Å². The van der Waals surface area contributed by atoms with E-state index in [4.69, 9.17) is 0 Å². The Labute approximate surface area is 188 Å². The molecule has 7 heteroatoms. The first kappa shape index (κ1) is 21.8. The van der Waals surface area contributed by atoms with Crippen LogP contribution in [0.4, 0.5) is 4.39 Å². The van der Waals surface area contributed by atoms with E-state index < -0.39 is 0 Å². The van der Waals surface area contributed by atoms with Crippen LogP contribution in [0.1, 0.15) is 37.7 Å². The molecule has 0 atom stereocenters. The normalized spacial score (nSPS) is 15.2. The molecule has 0 amide bonds. The summed E-state index contributed by atoms with van der Waals surface area (Å²) in [4.78, 5) is 0. The molecule has 0 N–H and O–H groups in total. The Morgan fingerprint density at radius 2 is 1.76 bits per heavy atom. The smallest absolute Gasteiger partial charge is 0.123 e. The van der Waals surface area contributed by atoms with E-state index in [-0.39, 0.29) is 5.82 Å². The summed E-state index contributed by atoms with van der Waals surface area (Å²) in [6.45, 7) is 2.06. The van der Waals surface area contributed by atoms with E-state index in [0.717, 1.165) is 18.0 Å². The fourth-order valence-electron chi connectivity index (χ4n) is 3.00. The molecule has 1 saturated carbocycles. The van der Waals surface area contributed by atoms with Gasteiger partial charge >= 0.3 is 96.3 Å². The predicted octanol–water partition coefficient (Wildman–Crippen LogP) is 5.81. The van der Waals surface area contributed by atoms with E-state index in [1.54, 1.807) is 12.1 Å². The van der Waals surface area contributed by atoms with Crippen molar-refractivity contribution in [3.8, 4) is 0 Å². The molecule has 1 fully saturated rings. The van der Waals surface area contributed by atoms with Crippen LogP contribution in [0.15, 0.2) is 36.7 Å². The van der Waals surface area contributed by atoms with Gasteiger partial charge in [-0.3, -0.25) is 0 Å². The van der Waals surface area contributed by atoms with Crippen molar-refractivity contribution in [3.05, 3.63) is 51.8 Å². The minimum Gasteiger partial charge on any atom is -0.207 e. The quantitative estimate of drug-likeness (QED) is 0.284. The van der Waals surface area contributed by atoms with E-state index >= 15 is 0 Å². The summed E-state index contributed by atoms with van der Waals surface area (Å²) < 4.78 is 20.3. The molecule has 0 spiro atoms. The summed E-state index contributed by atoms with van der Waals surface area (Å²) in [7, 11) is 2.11. The third kappa shape index (κ3) is 7.93. The van der Waals surface area contributed by atoms with E-state index in [1.807, 2.05) is 1.33 Å². The van der Waals surface area contributed by atoms with Crippen molar-refractivity contribution in [2.45, 2.75) is 45.2 Å². The van der Waals surface area contributed by atoms with Crippen LogP contribution in [0, 0.1) is 15.5 Å². The molecule has 0 radical (unpaired) electrons. The van der Waals surface area contributed by atoms with Crippen LogP contribution in [0.25, 0.3) is 0 Å². The molecule has 0 unspecified atom stereocenters. The van der Waals surface area contributed by atoms with Gasteiger partial charge in [0.2, 0.25) is 0 Å². The fourth-order valence-corrected chi connectivity index (χ4v) is 4.34. The zero-order valence-electron chi connectivity index (χ0n) is 14.3. The second-order valence-electron chi connectivity index (χ2n) is 6.39. The van der Waals surface area contributed by atoms with Gasteiger partial charge in [-0.1, -0.05) is 12.1 Å². The first-order valence-corrected chi connectivity index (χ1v) is 11.5. The largest absolute Gasteiger partial charge is 0.207 e. The molecule has 0 saturated heterocycles. The maximum Gasteiger partial charge on any atom is 0.123 e. The van der Waals surface area contributed by atoms with Gasteiger partial charge in [0.25, 0.3) is 0 Å². The average Bonchev–Trinajstić information content (AvgIpc) is 2.90. The summed E-state index contributed by atoms with van der Waals surface area (Å²) in [6, 6.07) is 6.54. The Kier molecular flexibility index (Phi) is 9.88. The number of benzene rings is 1. The number of aromatic nitrogens is 2. The third-order valence-electron chi connectivity index (χ3n) is 4.35. The molecule has 1 aromatic carbocycles. The first-order chi connectivity index (χ1) is 12.0. The van der Waals surface area contributed by atoms with E-state index in [9.17, 15) is 4.39 Å². The summed E-state index contributed by atoms with van der Waals surface area (Å²) in [5.41, 5.74) is 1.12. The Morgan fingerprint density at radius 1 is 1.12 bits per heavy atom. The molecular formula is C18H24FI2N3Pt. The molecule has 2 aromatic rings. The van der Waals surface area contributed by atoms with Gasteiger partial charge < -0.3 is 0 Å². The number of imidazole rings is 1. The fraction of sp³-hybridized carbons (Fsp3) is 0.500. The van der Waals surface area contributed by atoms with Crippen molar-refractivity contribution < 1.29 is 23.7 Å². The molecule has 0 bridgehead atoms. The Bertz CT molecular complexity index is 691. The summed E-state index contributed by atoms with van der Waals surface area (Å²) in [5, 5.41) is 0. The molecule has 3 nitrogen and oxygen atoms in total. The SMILES string of the molecule is Cn1ccn(CC2CCCCC2)[c]1=[Pt].Fc1ccc(CN(I)I)cc1. The molecule has 1 aliphatic rings. The molecule has 142 valence electrons. The van der Waals surface area contributed by atoms with Gasteiger partial charge in [-0.05, 0) is 17.7 Å². The van der Waals surface area contributed by atoms with Crippen LogP contribution < -0.4 is 0 Å². The molecule has 1 heterocycles. The number of hydrogen-bond donors (Lipinski definition) is 0. The summed E-state index contributed by atoms with van der Waals surface area (Å²) in [5.74, 6) is 0.743. The molecule has 25 heavy (non-hydrogen) atoms. The van der Waals surface area contributed by atoms with Crippen molar-refractivity contribution in [2.75, 3.05) is 0 Å². The minimum atomic E-state index is -0.179. The maximum absolute atomic E-state index is 12.4.